The molecule has 0 aliphatic heterocycles. The fourth-order valence-electron chi connectivity index (χ4n) is 2.96. The van der Waals surface area contributed by atoms with Gasteiger partial charge in [0.1, 0.15) is 17.1 Å². The van der Waals surface area contributed by atoms with Crippen LogP contribution in [-0.4, -0.2) is 13.0 Å². The average Bonchev–Trinajstić information content (AvgIpc) is 2.74. The van der Waals surface area contributed by atoms with Gasteiger partial charge in [-0.15, -0.1) is 0 Å². The van der Waals surface area contributed by atoms with Crippen molar-refractivity contribution in [3.63, 3.8) is 0 Å². The number of amides is 1. The number of benzene rings is 3. The molecule has 29 heavy (non-hydrogen) atoms. The Morgan fingerprint density at radius 1 is 1.00 bits per heavy atom. The van der Waals surface area contributed by atoms with E-state index in [9.17, 15) is 9.59 Å². The summed E-state index contributed by atoms with van der Waals surface area (Å²) in [5, 5.41) is 3.32. The second-order valence-corrected chi connectivity index (χ2v) is 7.29. The van der Waals surface area contributed by atoms with Crippen molar-refractivity contribution < 1.29 is 13.9 Å². The largest absolute Gasteiger partial charge is 0.497 e. The first-order valence-electron chi connectivity index (χ1n) is 8.83. The summed E-state index contributed by atoms with van der Waals surface area (Å²) >= 11 is 3.36. The summed E-state index contributed by atoms with van der Waals surface area (Å²) in [6.07, 6.45) is 0. The molecule has 3 aromatic carbocycles. The van der Waals surface area contributed by atoms with Gasteiger partial charge in [0.25, 0.3) is 5.91 Å². The lowest BCUT2D eigenvalue weighted by Gasteiger charge is -2.08. The van der Waals surface area contributed by atoms with Crippen molar-refractivity contribution in [2.24, 2.45) is 0 Å². The zero-order valence-electron chi connectivity index (χ0n) is 15.4. The first-order chi connectivity index (χ1) is 14.0. The van der Waals surface area contributed by atoms with Crippen molar-refractivity contribution in [1.82, 2.24) is 0 Å². The fourth-order valence-corrected chi connectivity index (χ4v) is 3.35. The molecule has 1 aromatic heterocycles. The molecule has 0 atom stereocenters. The van der Waals surface area contributed by atoms with Crippen LogP contribution >= 0.6 is 15.9 Å². The first kappa shape index (κ1) is 19.0. The predicted molar refractivity (Wildman–Crippen MR) is 117 cm³/mol. The highest BCUT2D eigenvalue weighted by Gasteiger charge is 2.10. The summed E-state index contributed by atoms with van der Waals surface area (Å²) < 4.78 is 11.9. The standard InChI is InChI=1S/C23H16BrNO4/c1-28-18-9-10-21-19(12-18)20(26)13-22(29-21)14-5-7-17(8-6-14)25-23(27)15-3-2-4-16(24)11-15/h2-13H,1H3,(H,25,27). The van der Waals surface area contributed by atoms with Crippen LogP contribution in [0.1, 0.15) is 10.4 Å². The Labute approximate surface area is 175 Å². The lowest BCUT2D eigenvalue weighted by Crippen LogP contribution is -2.11. The third-order valence-electron chi connectivity index (χ3n) is 4.45. The molecule has 0 aliphatic carbocycles. The fraction of sp³-hybridized carbons (Fsp3) is 0.0435. The molecule has 4 aromatic rings. The summed E-state index contributed by atoms with van der Waals surface area (Å²) in [5.74, 6) is 0.853. The number of anilines is 1. The Kier molecular flexibility index (Phi) is 5.18. The molecule has 144 valence electrons. The molecule has 4 rings (SSSR count). The quantitative estimate of drug-likeness (QED) is 0.447. The zero-order chi connectivity index (χ0) is 20.4. The number of ether oxygens (including phenoxy) is 1. The van der Waals surface area contributed by atoms with E-state index >= 15 is 0 Å². The Hall–Kier alpha value is -3.38. The highest BCUT2D eigenvalue weighted by molar-refractivity contribution is 9.10. The minimum atomic E-state index is -0.203. The minimum absolute atomic E-state index is 0.146. The van der Waals surface area contributed by atoms with Crippen molar-refractivity contribution in [3.8, 4) is 17.1 Å². The lowest BCUT2D eigenvalue weighted by molar-refractivity contribution is 0.102. The summed E-state index contributed by atoms with van der Waals surface area (Å²) in [6.45, 7) is 0. The van der Waals surface area contributed by atoms with Gasteiger partial charge >= 0.3 is 0 Å². The van der Waals surface area contributed by atoms with Crippen molar-refractivity contribution in [2.45, 2.75) is 0 Å². The summed E-state index contributed by atoms with van der Waals surface area (Å²) in [7, 11) is 1.55. The smallest absolute Gasteiger partial charge is 0.255 e. The van der Waals surface area contributed by atoms with Gasteiger partial charge in [-0.3, -0.25) is 9.59 Å². The molecule has 1 amide bonds. The van der Waals surface area contributed by atoms with Gasteiger partial charge in [-0.05, 0) is 60.7 Å². The molecule has 0 unspecified atom stereocenters. The molecular formula is C23H16BrNO4. The number of fused-ring (bicyclic) bond motifs is 1. The summed E-state index contributed by atoms with van der Waals surface area (Å²) in [5.41, 5.74) is 2.28. The number of carbonyl (C=O) groups is 1. The topological polar surface area (TPSA) is 68.5 Å². The van der Waals surface area contributed by atoms with Crippen LogP contribution in [-0.2, 0) is 0 Å². The van der Waals surface area contributed by atoms with Crippen LogP contribution in [0, 0.1) is 0 Å². The number of hydrogen-bond acceptors (Lipinski definition) is 4. The number of halogens is 1. The van der Waals surface area contributed by atoms with Crippen LogP contribution < -0.4 is 15.5 Å². The Bertz CT molecular complexity index is 1260. The molecule has 1 heterocycles. The van der Waals surface area contributed by atoms with Crippen LogP contribution in [0.4, 0.5) is 5.69 Å². The Morgan fingerprint density at radius 3 is 2.52 bits per heavy atom. The summed E-state index contributed by atoms with van der Waals surface area (Å²) in [6, 6.07) is 20.9. The highest BCUT2D eigenvalue weighted by atomic mass is 79.9. The maximum Gasteiger partial charge on any atom is 0.255 e. The maximum atomic E-state index is 12.5. The van der Waals surface area contributed by atoms with Gasteiger partial charge in [-0.1, -0.05) is 22.0 Å². The van der Waals surface area contributed by atoms with E-state index in [1.807, 2.05) is 6.07 Å². The molecule has 1 N–H and O–H groups in total. The second kappa shape index (κ2) is 7.93. The summed E-state index contributed by atoms with van der Waals surface area (Å²) in [4.78, 5) is 24.8. The molecule has 0 radical (unpaired) electrons. The molecule has 0 fully saturated rings. The molecule has 0 bridgehead atoms. The van der Waals surface area contributed by atoms with Crippen molar-refractivity contribution in [3.05, 3.63) is 93.1 Å². The van der Waals surface area contributed by atoms with Crippen molar-refractivity contribution in [2.75, 3.05) is 12.4 Å². The van der Waals surface area contributed by atoms with Gasteiger partial charge in [-0.2, -0.15) is 0 Å². The normalized spacial score (nSPS) is 10.7. The molecule has 0 spiro atoms. The number of hydrogen-bond donors (Lipinski definition) is 1. The molecule has 0 saturated heterocycles. The monoisotopic (exact) mass is 449 g/mol. The van der Waals surface area contributed by atoms with Gasteiger partial charge < -0.3 is 14.5 Å². The van der Waals surface area contributed by atoms with Crippen LogP contribution in [0.3, 0.4) is 0 Å². The maximum absolute atomic E-state index is 12.5. The average molecular weight is 450 g/mol. The number of carbonyl (C=O) groups excluding carboxylic acids is 1. The van der Waals surface area contributed by atoms with E-state index in [0.29, 0.717) is 33.7 Å². The third kappa shape index (κ3) is 4.07. The van der Waals surface area contributed by atoms with Crippen LogP contribution in [0.15, 0.2) is 86.5 Å². The van der Waals surface area contributed by atoms with Crippen LogP contribution in [0.25, 0.3) is 22.3 Å². The van der Waals surface area contributed by atoms with Crippen LogP contribution in [0.2, 0.25) is 0 Å². The Morgan fingerprint density at radius 2 is 1.79 bits per heavy atom. The highest BCUT2D eigenvalue weighted by Crippen LogP contribution is 2.26. The SMILES string of the molecule is COc1ccc2oc(-c3ccc(NC(=O)c4cccc(Br)c4)cc3)cc(=O)c2c1. The molecule has 5 nitrogen and oxygen atoms in total. The molecular weight excluding hydrogens is 434 g/mol. The van der Waals surface area contributed by atoms with E-state index in [0.717, 1.165) is 10.0 Å². The van der Waals surface area contributed by atoms with Gasteiger partial charge in [0.2, 0.25) is 0 Å². The van der Waals surface area contributed by atoms with Crippen molar-refractivity contribution in [1.29, 1.82) is 0 Å². The van der Waals surface area contributed by atoms with E-state index in [2.05, 4.69) is 21.2 Å². The second-order valence-electron chi connectivity index (χ2n) is 6.38. The number of methoxy groups -OCH3 is 1. The van der Waals surface area contributed by atoms with Crippen molar-refractivity contribution >= 4 is 38.5 Å². The first-order valence-corrected chi connectivity index (χ1v) is 9.62. The third-order valence-corrected chi connectivity index (χ3v) is 4.94. The Balaban J connectivity index is 1.59. The van der Waals surface area contributed by atoms with E-state index in [1.165, 1.54) is 6.07 Å². The van der Waals surface area contributed by atoms with Gasteiger partial charge in [0, 0.05) is 27.4 Å². The molecule has 0 aliphatic rings. The van der Waals surface area contributed by atoms with E-state index in [1.54, 1.807) is 67.8 Å². The zero-order valence-corrected chi connectivity index (χ0v) is 17.0. The predicted octanol–water partition coefficient (Wildman–Crippen LogP) is 5.48. The van der Waals surface area contributed by atoms with Gasteiger partial charge in [0.05, 0.1) is 12.5 Å². The van der Waals surface area contributed by atoms with Gasteiger partial charge in [0.15, 0.2) is 5.43 Å². The number of rotatable bonds is 4. The van der Waals surface area contributed by atoms with Crippen LogP contribution in [0.5, 0.6) is 5.75 Å². The lowest BCUT2D eigenvalue weighted by atomic mass is 10.1. The molecule has 6 heteroatoms. The van der Waals surface area contributed by atoms with E-state index in [-0.39, 0.29) is 11.3 Å². The van der Waals surface area contributed by atoms with E-state index in [4.69, 9.17) is 9.15 Å². The number of nitrogens with one attached hydrogen (secondary N) is 1. The minimum Gasteiger partial charge on any atom is -0.497 e. The molecule has 0 saturated carbocycles. The van der Waals surface area contributed by atoms with Gasteiger partial charge in [-0.25, -0.2) is 0 Å². The van der Waals surface area contributed by atoms with E-state index < -0.39 is 0 Å².